The van der Waals surface area contributed by atoms with E-state index in [9.17, 15) is 14.5 Å². The fourth-order valence-electron chi connectivity index (χ4n) is 6.03. The van der Waals surface area contributed by atoms with Gasteiger partial charge in [0.25, 0.3) is 0 Å². The zero-order valence-electron chi connectivity index (χ0n) is 27.4. The van der Waals surface area contributed by atoms with E-state index in [-0.39, 0.29) is 53.7 Å². The summed E-state index contributed by atoms with van der Waals surface area (Å²) in [5.41, 5.74) is 5.34. The minimum absolute atomic E-state index is 0.0647. The molecule has 46 heavy (non-hydrogen) atoms. The Hall–Kier alpha value is -2.67. The number of aliphatic hydroxyl groups is 1. The first-order valence-electron chi connectivity index (χ1n) is 15.6. The van der Waals surface area contributed by atoms with Crippen molar-refractivity contribution < 1.29 is 37.7 Å². The van der Waals surface area contributed by atoms with Gasteiger partial charge in [-0.1, -0.05) is 51.4 Å². The molecule has 3 heterocycles. The van der Waals surface area contributed by atoms with E-state index in [4.69, 9.17) is 40.6 Å². The highest BCUT2D eigenvalue weighted by molar-refractivity contribution is 7.52. The van der Waals surface area contributed by atoms with E-state index in [0.29, 0.717) is 24.2 Å². The van der Waals surface area contributed by atoms with Crippen LogP contribution in [0.3, 0.4) is 0 Å². The van der Waals surface area contributed by atoms with Crippen molar-refractivity contribution >= 4 is 37.1 Å². The number of halogens is 1. The number of para-hydroxylation sites is 1. The zero-order chi connectivity index (χ0) is 33.6. The summed E-state index contributed by atoms with van der Waals surface area (Å²) in [7, 11) is -4.24. The molecule has 0 spiro atoms. The average molecular weight is 682 g/mol. The summed E-state index contributed by atoms with van der Waals surface area (Å²) < 4.78 is 43.5. The third kappa shape index (κ3) is 7.55. The van der Waals surface area contributed by atoms with Crippen molar-refractivity contribution in [2.75, 3.05) is 30.5 Å². The molecule has 1 saturated carbocycles. The molecule has 0 bridgehead atoms. The van der Waals surface area contributed by atoms with Gasteiger partial charge in [-0.3, -0.25) is 9.32 Å². The number of ether oxygens (including phenoxy) is 3. The topological polar surface area (TPSA) is 168 Å². The summed E-state index contributed by atoms with van der Waals surface area (Å²) in [5.74, 6) is 1.01. The summed E-state index contributed by atoms with van der Waals surface area (Å²) >= 11 is 6.30. The van der Waals surface area contributed by atoms with Gasteiger partial charge in [-0.15, -0.1) is 0 Å². The van der Waals surface area contributed by atoms with E-state index in [1.54, 1.807) is 31.2 Å². The SMILES string of the molecule is CCOc1nc(N)nc2c1C(C)C1CC1N2C1OC(COP(=O)(NC(C)C(=O)OCC(C)(C)C)Oc2ccccc2Cl)CC1(C)O. The fourth-order valence-corrected chi connectivity index (χ4v) is 7.80. The first-order valence-corrected chi connectivity index (χ1v) is 17.5. The maximum absolute atomic E-state index is 14.2. The molecule has 15 heteroatoms. The van der Waals surface area contributed by atoms with Crippen molar-refractivity contribution in [1.82, 2.24) is 15.1 Å². The van der Waals surface area contributed by atoms with Crippen LogP contribution < -0.4 is 25.0 Å². The number of hydrogen-bond acceptors (Lipinski definition) is 12. The predicted molar refractivity (Wildman–Crippen MR) is 173 cm³/mol. The van der Waals surface area contributed by atoms with Crippen LogP contribution in [0.4, 0.5) is 11.8 Å². The molecule has 1 saturated heterocycles. The molecular weight excluding hydrogens is 637 g/mol. The number of rotatable bonds is 12. The number of anilines is 2. The third-order valence-corrected chi connectivity index (χ3v) is 10.2. The molecule has 2 fully saturated rings. The number of fused-ring (bicyclic) bond motifs is 2. The first kappa shape index (κ1) is 34.7. The molecule has 254 valence electrons. The molecule has 1 aromatic heterocycles. The summed E-state index contributed by atoms with van der Waals surface area (Å²) in [5, 5.41) is 14.6. The Morgan fingerprint density at radius 2 is 2.04 bits per heavy atom. The zero-order valence-corrected chi connectivity index (χ0v) is 29.0. The quantitative estimate of drug-likeness (QED) is 0.201. The lowest BCUT2D eigenvalue weighted by atomic mass is 9.91. The molecule has 13 nitrogen and oxygen atoms in total. The number of carbonyl (C=O) groups is 1. The van der Waals surface area contributed by atoms with Crippen LogP contribution >= 0.6 is 19.3 Å². The number of hydrogen-bond donors (Lipinski definition) is 3. The lowest BCUT2D eigenvalue weighted by Gasteiger charge is -2.41. The Balaban J connectivity index is 1.35. The highest BCUT2D eigenvalue weighted by Crippen LogP contribution is 2.58. The number of nitrogens with one attached hydrogen (secondary N) is 1. The highest BCUT2D eigenvalue weighted by atomic mass is 35.5. The molecule has 1 aromatic carbocycles. The number of benzene rings is 1. The van der Waals surface area contributed by atoms with Crippen LogP contribution in [-0.4, -0.2) is 70.9 Å². The second kappa shape index (κ2) is 13.1. The van der Waals surface area contributed by atoms with Crippen molar-refractivity contribution in [2.45, 2.75) is 97.2 Å². The highest BCUT2D eigenvalue weighted by Gasteiger charge is 2.59. The Bertz CT molecular complexity index is 1490. The van der Waals surface area contributed by atoms with Gasteiger partial charge in [0.15, 0.2) is 6.23 Å². The minimum Gasteiger partial charge on any atom is -0.478 e. The van der Waals surface area contributed by atoms with Crippen LogP contribution in [0.2, 0.25) is 5.02 Å². The summed E-state index contributed by atoms with van der Waals surface area (Å²) in [4.78, 5) is 23.7. The van der Waals surface area contributed by atoms with Gasteiger partial charge < -0.3 is 34.5 Å². The van der Waals surface area contributed by atoms with Gasteiger partial charge in [0, 0.05) is 12.5 Å². The van der Waals surface area contributed by atoms with Crippen molar-refractivity contribution in [3.63, 3.8) is 0 Å². The molecule has 0 amide bonds. The molecule has 2 aliphatic heterocycles. The van der Waals surface area contributed by atoms with E-state index in [1.807, 2.05) is 32.6 Å². The van der Waals surface area contributed by atoms with Gasteiger partial charge in [-0.05, 0) is 56.6 Å². The maximum atomic E-state index is 14.2. The Labute approximate surface area is 275 Å². The third-order valence-electron chi connectivity index (χ3n) is 8.28. The lowest BCUT2D eigenvalue weighted by molar-refractivity contribution is -0.148. The van der Waals surface area contributed by atoms with Crippen LogP contribution in [0.1, 0.15) is 72.8 Å². The molecule has 0 radical (unpaired) electrons. The first-order chi connectivity index (χ1) is 21.5. The van der Waals surface area contributed by atoms with E-state index < -0.39 is 37.7 Å². The predicted octanol–water partition coefficient (Wildman–Crippen LogP) is 5.06. The molecular formula is C31H45ClN5O8P. The molecule has 3 aliphatic rings. The van der Waals surface area contributed by atoms with Gasteiger partial charge in [0.2, 0.25) is 11.8 Å². The van der Waals surface area contributed by atoms with Crippen LogP contribution in [-0.2, 0) is 23.4 Å². The normalized spacial score (nSPS) is 28.9. The fraction of sp³-hybridized carbons (Fsp3) is 0.645. The van der Waals surface area contributed by atoms with Gasteiger partial charge in [-0.25, -0.2) is 4.57 Å². The summed E-state index contributed by atoms with van der Waals surface area (Å²) in [6.45, 7) is 13.4. The van der Waals surface area contributed by atoms with Crippen LogP contribution in [0, 0.1) is 11.3 Å². The molecule has 5 rings (SSSR count). The molecule has 8 atom stereocenters. The maximum Gasteiger partial charge on any atom is 0.459 e. The number of carbonyl (C=O) groups excluding carboxylic acids is 1. The Kier molecular flexibility index (Phi) is 9.86. The van der Waals surface area contributed by atoms with Crippen molar-refractivity contribution in [3.05, 3.63) is 34.9 Å². The number of nitrogen functional groups attached to an aromatic ring is 1. The standard InChI is InChI=1S/C31H45ClN5O8P/c1-8-41-26-24-17(2)20-13-22(20)37(25(24)34-29(33)35-26)28-31(7,39)14-19(44-28)15-43-46(40,45-23-12-10-9-11-21(23)32)36-18(3)27(38)42-16-30(4,5)6/h9-12,17-20,22,28,39H,8,13-16H2,1-7H3,(H,36,40)(H2,33,34,35). The summed E-state index contributed by atoms with van der Waals surface area (Å²) in [6, 6.07) is 5.54. The molecule has 4 N–H and O–H groups in total. The van der Waals surface area contributed by atoms with E-state index in [0.717, 1.165) is 12.0 Å². The largest absolute Gasteiger partial charge is 0.478 e. The van der Waals surface area contributed by atoms with E-state index in [2.05, 4.69) is 22.0 Å². The Morgan fingerprint density at radius 1 is 1.33 bits per heavy atom. The number of aromatic nitrogens is 2. The molecule has 1 aliphatic carbocycles. The van der Waals surface area contributed by atoms with Gasteiger partial charge in [-0.2, -0.15) is 15.1 Å². The lowest BCUT2D eigenvalue weighted by Crippen LogP contribution is -2.52. The summed E-state index contributed by atoms with van der Waals surface area (Å²) in [6.07, 6.45) is -0.466. The second-order valence-electron chi connectivity index (χ2n) is 13.7. The monoisotopic (exact) mass is 681 g/mol. The van der Waals surface area contributed by atoms with Crippen LogP contribution in [0.25, 0.3) is 0 Å². The average Bonchev–Trinajstić information content (AvgIpc) is 3.69. The second-order valence-corrected chi connectivity index (χ2v) is 15.8. The molecule has 8 unspecified atom stereocenters. The number of nitrogens with zero attached hydrogens (tertiary/aromatic N) is 3. The van der Waals surface area contributed by atoms with E-state index in [1.165, 1.54) is 6.92 Å². The Morgan fingerprint density at radius 3 is 2.72 bits per heavy atom. The minimum atomic E-state index is -4.24. The molecule has 2 aromatic rings. The van der Waals surface area contributed by atoms with Crippen molar-refractivity contribution in [1.29, 1.82) is 0 Å². The van der Waals surface area contributed by atoms with Crippen LogP contribution in [0.5, 0.6) is 11.6 Å². The smallest absolute Gasteiger partial charge is 0.459 e. The van der Waals surface area contributed by atoms with Gasteiger partial charge >= 0.3 is 13.7 Å². The number of esters is 1. The van der Waals surface area contributed by atoms with E-state index >= 15 is 0 Å². The van der Waals surface area contributed by atoms with Gasteiger partial charge in [0.05, 0.1) is 36.5 Å². The van der Waals surface area contributed by atoms with Crippen molar-refractivity contribution in [2.24, 2.45) is 11.3 Å². The van der Waals surface area contributed by atoms with Crippen molar-refractivity contribution in [3.8, 4) is 11.6 Å². The van der Waals surface area contributed by atoms with Gasteiger partial charge in [0.1, 0.15) is 23.2 Å². The number of nitrogens with two attached hydrogens (primary N) is 1. The van der Waals surface area contributed by atoms with Crippen LogP contribution in [0.15, 0.2) is 24.3 Å².